The molecule has 0 aliphatic heterocycles. The first-order valence-electron chi connectivity index (χ1n) is 8.92. The number of anilines is 1. The highest BCUT2D eigenvalue weighted by Gasteiger charge is 2.16. The fourth-order valence-electron chi connectivity index (χ4n) is 3.09. The maximum absolute atomic E-state index is 12.6. The van der Waals surface area contributed by atoms with E-state index in [0.717, 1.165) is 15.8 Å². The third-order valence-electron chi connectivity index (χ3n) is 4.82. The smallest absolute Gasteiger partial charge is 0.344 e. The van der Waals surface area contributed by atoms with E-state index in [1.165, 1.54) is 11.3 Å². The van der Waals surface area contributed by atoms with Gasteiger partial charge in [0.25, 0.3) is 5.91 Å². The van der Waals surface area contributed by atoms with Gasteiger partial charge in [0.15, 0.2) is 0 Å². The van der Waals surface area contributed by atoms with Crippen molar-refractivity contribution in [2.75, 3.05) is 5.32 Å². The zero-order chi connectivity index (χ0) is 20.5. The Kier molecular flexibility index (Phi) is 4.75. The summed E-state index contributed by atoms with van der Waals surface area (Å²) in [5, 5.41) is 13.5. The van der Waals surface area contributed by atoms with Crippen LogP contribution in [-0.2, 0) is 0 Å². The summed E-state index contributed by atoms with van der Waals surface area (Å²) < 4.78 is 5.38. The standard InChI is InChI=1S/C23H16N2O3S/c1-13-14(2)29-22(19(13)12-24)25-21(26)16-9-7-15(8-10-16)18-11-17-5-3-4-6-20(17)28-23(18)27/h3-11H,1-2H3,(H,25,26). The molecule has 6 heteroatoms. The van der Waals surface area contributed by atoms with Crippen LogP contribution in [-0.4, -0.2) is 5.91 Å². The van der Waals surface area contributed by atoms with E-state index in [4.69, 9.17) is 4.42 Å². The number of fused-ring (bicyclic) bond motifs is 1. The maximum Gasteiger partial charge on any atom is 0.344 e. The van der Waals surface area contributed by atoms with Crippen LogP contribution < -0.4 is 10.9 Å². The summed E-state index contributed by atoms with van der Waals surface area (Å²) in [6.45, 7) is 3.78. The first kappa shape index (κ1) is 18.7. The van der Waals surface area contributed by atoms with E-state index in [0.29, 0.717) is 32.8 Å². The summed E-state index contributed by atoms with van der Waals surface area (Å²) in [6, 6.07) is 18.0. The summed E-state index contributed by atoms with van der Waals surface area (Å²) in [7, 11) is 0. The second-order valence-electron chi connectivity index (χ2n) is 6.62. The van der Waals surface area contributed by atoms with Crippen molar-refractivity contribution >= 4 is 33.2 Å². The van der Waals surface area contributed by atoms with E-state index in [9.17, 15) is 14.9 Å². The van der Waals surface area contributed by atoms with Crippen molar-refractivity contribution in [3.63, 3.8) is 0 Å². The number of hydrogen-bond acceptors (Lipinski definition) is 5. The van der Waals surface area contributed by atoms with Crippen LogP contribution >= 0.6 is 11.3 Å². The van der Waals surface area contributed by atoms with E-state index >= 15 is 0 Å². The number of amides is 1. The number of carbonyl (C=O) groups is 1. The summed E-state index contributed by atoms with van der Waals surface area (Å²) in [6.07, 6.45) is 0. The molecule has 0 radical (unpaired) electrons. The molecule has 0 unspecified atom stereocenters. The summed E-state index contributed by atoms with van der Waals surface area (Å²) in [5.74, 6) is -0.306. The van der Waals surface area contributed by atoms with Crippen LogP contribution in [0.25, 0.3) is 22.1 Å². The molecule has 1 amide bonds. The van der Waals surface area contributed by atoms with E-state index in [-0.39, 0.29) is 5.91 Å². The molecule has 0 saturated carbocycles. The third kappa shape index (κ3) is 3.44. The van der Waals surface area contributed by atoms with Crippen LogP contribution in [0.15, 0.2) is 63.8 Å². The molecule has 0 aliphatic rings. The Bertz CT molecular complexity index is 1340. The average molecular weight is 400 g/mol. The van der Waals surface area contributed by atoms with Gasteiger partial charge in [0.1, 0.15) is 16.7 Å². The molecule has 0 saturated heterocycles. The lowest BCUT2D eigenvalue weighted by molar-refractivity contribution is 0.102. The molecule has 0 atom stereocenters. The van der Waals surface area contributed by atoms with Gasteiger partial charge in [0, 0.05) is 15.8 Å². The number of nitrogens with one attached hydrogen (secondary N) is 1. The number of para-hydroxylation sites is 1. The highest BCUT2D eigenvalue weighted by atomic mass is 32.1. The van der Waals surface area contributed by atoms with Gasteiger partial charge >= 0.3 is 5.63 Å². The molecule has 142 valence electrons. The van der Waals surface area contributed by atoms with Gasteiger partial charge in [-0.15, -0.1) is 11.3 Å². The molecule has 0 fully saturated rings. The van der Waals surface area contributed by atoms with E-state index in [1.54, 1.807) is 36.4 Å². The summed E-state index contributed by atoms with van der Waals surface area (Å²) in [4.78, 5) is 25.9. The number of hydrogen-bond donors (Lipinski definition) is 1. The van der Waals surface area contributed by atoms with Crippen LogP contribution in [0.5, 0.6) is 0 Å². The molecule has 4 rings (SSSR count). The van der Waals surface area contributed by atoms with Crippen molar-refractivity contribution in [1.82, 2.24) is 0 Å². The lowest BCUT2D eigenvalue weighted by Gasteiger charge is -2.06. The molecule has 4 aromatic rings. The fourth-order valence-corrected chi connectivity index (χ4v) is 4.10. The molecule has 0 spiro atoms. The third-order valence-corrected chi connectivity index (χ3v) is 5.95. The Balaban J connectivity index is 1.62. The number of carbonyl (C=O) groups excluding carboxylic acids is 1. The number of thiophene rings is 1. The molecule has 0 aliphatic carbocycles. The molecule has 2 aromatic carbocycles. The minimum atomic E-state index is -0.427. The van der Waals surface area contributed by atoms with Crippen LogP contribution in [0.4, 0.5) is 5.00 Å². The molecule has 1 N–H and O–H groups in total. The van der Waals surface area contributed by atoms with Crippen molar-refractivity contribution < 1.29 is 9.21 Å². The van der Waals surface area contributed by atoms with Gasteiger partial charge in [0.05, 0.1) is 11.1 Å². The number of benzene rings is 2. The predicted octanol–water partition coefficient (Wildman–Crippen LogP) is 5.26. The molecular formula is C23H16N2O3S. The Hall–Kier alpha value is -3.69. The fraction of sp³-hybridized carbons (Fsp3) is 0.0870. The van der Waals surface area contributed by atoms with Gasteiger partial charge in [-0.3, -0.25) is 4.79 Å². The van der Waals surface area contributed by atoms with Gasteiger partial charge in [-0.1, -0.05) is 30.3 Å². The van der Waals surface area contributed by atoms with Crippen LogP contribution in [0.2, 0.25) is 0 Å². The normalized spacial score (nSPS) is 10.7. The van der Waals surface area contributed by atoms with Crippen molar-refractivity contribution in [3.05, 3.63) is 86.6 Å². The molecule has 29 heavy (non-hydrogen) atoms. The van der Waals surface area contributed by atoms with E-state index < -0.39 is 5.63 Å². The van der Waals surface area contributed by atoms with Crippen molar-refractivity contribution in [1.29, 1.82) is 5.26 Å². The zero-order valence-electron chi connectivity index (χ0n) is 15.8. The van der Waals surface area contributed by atoms with Crippen LogP contribution in [0, 0.1) is 25.2 Å². The summed E-state index contributed by atoms with van der Waals surface area (Å²) >= 11 is 1.38. The molecule has 5 nitrogen and oxygen atoms in total. The minimum Gasteiger partial charge on any atom is -0.422 e. The van der Waals surface area contributed by atoms with Crippen LogP contribution in [0.1, 0.15) is 26.4 Å². The van der Waals surface area contributed by atoms with Gasteiger partial charge in [-0.2, -0.15) is 5.26 Å². The zero-order valence-corrected chi connectivity index (χ0v) is 16.6. The van der Waals surface area contributed by atoms with Gasteiger partial charge in [0.2, 0.25) is 0 Å². The molecule has 2 aromatic heterocycles. The second kappa shape index (κ2) is 7.38. The SMILES string of the molecule is Cc1sc(NC(=O)c2ccc(-c3cc4ccccc4oc3=O)cc2)c(C#N)c1C. The van der Waals surface area contributed by atoms with Crippen molar-refractivity contribution in [3.8, 4) is 17.2 Å². The molecule has 2 heterocycles. The maximum atomic E-state index is 12.6. The minimum absolute atomic E-state index is 0.306. The Labute approximate surface area is 170 Å². The Morgan fingerprint density at radius 1 is 1.10 bits per heavy atom. The highest BCUT2D eigenvalue weighted by molar-refractivity contribution is 7.16. The number of aryl methyl sites for hydroxylation is 1. The van der Waals surface area contributed by atoms with E-state index in [1.807, 2.05) is 32.0 Å². The van der Waals surface area contributed by atoms with Gasteiger partial charge < -0.3 is 9.73 Å². The largest absolute Gasteiger partial charge is 0.422 e. The number of nitriles is 1. The first-order valence-corrected chi connectivity index (χ1v) is 9.74. The molecular weight excluding hydrogens is 384 g/mol. The quantitative estimate of drug-likeness (QED) is 0.475. The molecule has 0 bridgehead atoms. The van der Waals surface area contributed by atoms with E-state index in [2.05, 4.69) is 11.4 Å². The topological polar surface area (TPSA) is 83.1 Å². The van der Waals surface area contributed by atoms with Crippen molar-refractivity contribution in [2.24, 2.45) is 0 Å². The second-order valence-corrected chi connectivity index (χ2v) is 7.84. The highest BCUT2D eigenvalue weighted by Crippen LogP contribution is 2.32. The Morgan fingerprint density at radius 2 is 1.83 bits per heavy atom. The van der Waals surface area contributed by atoms with Crippen LogP contribution in [0.3, 0.4) is 0 Å². The van der Waals surface area contributed by atoms with Crippen molar-refractivity contribution in [2.45, 2.75) is 13.8 Å². The Morgan fingerprint density at radius 3 is 2.55 bits per heavy atom. The number of nitrogens with zero attached hydrogens (tertiary/aromatic N) is 1. The predicted molar refractivity (Wildman–Crippen MR) is 114 cm³/mol. The number of rotatable bonds is 3. The monoisotopic (exact) mass is 400 g/mol. The summed E-state index contributed by atoms with van der Waals surface area (Å²) in [5.41, 5.74) is 3.02. The lowest BCUT2D eigenvalue weighted by Crippen LogP contribution is -2.11. The average Bonchev–Trinajstić information content (AvgIpc) is 3.00. The first-order chi connectivity index (χ1) is 14.0. The van der Waals surface area contributed by atoms with Gasteiger partial charge in [-0.05, 0) is 49.2 Å². The van der Waals surface area contributed by atoms with Gasteiger partial charge in [-0.25, -0.2) is 4.79 Å². The lowest BCUT2D eigenvalue weighted by atomic mass is 10.0.